The molecule has 76 valence electrons. The van der Waals surface area contributed by atoms with E-state index in [9.17, 15) is 0 Å². The van der Waals surface area contributed by atoms with Gasteiger partial charge >= 0.3 is 6.01 Å². The quantitative estimate of drug-likeness (QED) is 0.752. The average Bonchev–Trinajstić information content (AvgIpc) is 2.19. The van der Waals surface area contributed by atoms with Crippen LogP contribution in [0, 0.1) is 0 Å². The highest BCUT2D eigenvalue weighted by molar-refractivity contribution is 6.29. The van der Waals surface area contributed by atoms with Crippen molar-refractivity contribution in [2.75, 3.05) is 13.1 Å². The van der Waals surface area contributed by atoms with E-state index >= 15 is 0 Å². The molecule has 1 aliphatic rings. The Labute approximate surface area is 87.7 Å². The molecule has 2 heterocycles. The van der Waals surface area contributed by atoms with Gasteiger partial charge in [0.15, 0.2) is 0 Å². The van der Waals surface area contributed by atoms with Crippen LogP contribution in [0.15, 0.2) is 12.3 Å². The highest BCUT2D eigenvalue weighted by Crippen LogP contribution is 2.12. The summed E-state index contributed by atoms with van der Waals surface area (Å²) in [5.74, 6) is 0. The first-order valence-electron chi connectivity index (χ1n) is 4.70. The number of hydrogen-bond donors (Lipinski definition) is 1. The molecule has 14 heavy (non-hydrogen) atoms. The van der Waals surface area contributed by atoms with E-state index in [1.807, 2.05) is 0 Å². The third-order valence-electron chi connectivity index (χ3n) is 2.12. The van der Waals surface area contributed by atoms with Crippen LogP contribution in [0.2, 0.25) is 5.15 Å². The zero-order valence-corrected chi connectivity index (χ0v) is 8.50. The van der Waals surface area contributed by atoms with Gasteiger partial charge in [0, 0.05) is 12.7 Å². The van der Waals surface area contributed by atoms with Crippen LogP contribution in [0.25, 0.3) is 0 Å². The van der Waals surface area contributed by atoms with Gasteiger partial charge in [0.2, 0.25) is 0 Å². The minimum atomic E-state index is 0.169. The number of halogens is 1. The topological polar surface area (TPSA) is 47.0 Å². The van der Waals surface area contributed by atoms with Gasteiger partial charge in [-0.25, -0.2) is 4.98 Å². The Morgan fingerprint density at radius 1 is 1.57 bits per heavy atom. The number of ether oxygens (including phenoxy) is 1. The molecule has 0 bridgehead atoms. The molecule has 0 amide bonds. The molecule has 0 spiro atoms. The molecule has 0 radical (unpaired) electrons. The highest BCUT2D eigenvalue weighted by atomic mass is 35.5. The summed E-state index contributed by atoms with van der Waals surface area (Å²) >= 11 is 5.72. The highest BCUT2D eigenvalue weighted by Gasteiger charge is 2.15. The lowest BCUT2D eigenvalue weighted by Crippen LogP contribution is -2.37. The van der Waals surface area contributed by atoms with Gasteiger partial charge in [-0.05, 0) is 25.5 Å². The molecular weight excluding hydrogens is 202 g/mol. The Balaban J connectivity index is 1.95. The molecule has 1 aromatic heterocycles. The van der Waals surface area contributed by atoms with E-state index in [1.165, 1.54) is 0 Å². The van der Waals surface area contributed by atoms with Gasteiger partial charge in [0.1, 0.15) is 11.3 Å². The fraction of sp³-hybridized carbons (Fsp3) is 0.556. The van der Waals surface area contributed by atoms with Gasteiger partial charge in [-0.2, -0.15) is 4.98 Å². The summed E-state index contributed by atoms with van der Waals surface area (Å²) in [6.45, 7) is 1.92. The van der Waals surface area contributed by atoms with Crippen LogP contribution in [0.3, 0.4) is 0 Å². The molecule has 1 aliphatic heterocycles. The van der Waals surface area contributed by atoms with Crippen LogP contribution in [0.5, 0.6) is 6.01 Å². The van der Waals surface area contributed by atoms with Crippen LogP contribution >= 0.6 is 11.6 Å². The summed E-state index contributed by atoms with van der Waals surface area (Å²) in [6.07, 6.45) is 3.94. The van der Waals surface area contributed by atoms with Gasteiger partial charge in [0.05, 0.1) is 0 Å². The predicted molar refractivity (Wildman–Crippen MR) is 53.6 cm³/mol. The molecule has 0 aromatic carbocycles. The minimum absolute atomic E-state index is 0.169. The zero-order chi connectivity index (χ0) is 9.80. The maximum atomic E-state index is 5.72. The van der Waals surface area contributed by atoms with Crippen molar-refractivity contribution in [1.82, 2.24) is 15.3 Å². The third-order valence-corrected chi connectivity index (χ3v) is 2.33. The Kier molecular flexibility index (Phi) is 3.16. The normalized spacial score (nSPS) is 21.9. The van der Waals surface area contributed by atoms with Gasteiger partial charge in [-0.3, -0.25) is 0 Å². The van der Waals surface area contributed by atoms with E-state index in [-0.39, 0.29) is 6.10 Å². The Hall–Kier alpha value is -0.870. The van der Waals surface area contributed by atoms with Crippen molar-refractivity contribution in [3.05, 3.63) is 17.4 Å². The Morgan fingerprint density at radius 3 is 3.21 bits per heavy atom. The predicted octanol–water partition coefficient (Wildman–Crippen LogP) is 1.26. The number of nitrogens with one attached hydrogen (secondary N) is 1. The van der Waals surface area contributed by atoms with Crippen molar-refractivity contribution in [3.63, 3.8) is 0 Å². The molecule has 1 N–H and O–H groups in total. The van der Waals surface area contributed by atoms with Crippen LogP contribution in [0.1, 0.15) is 12.8 Å². The summed E-state index contributed by atoms with van der Waals surface area (Å²) in [7, 11) is 0. The molecular formula is C9H12ClN3O. The fourth-order valence-corrected chi connectivity index (χ4v) is 1.57. The van der Waals surface area contributed by atoms with Gasteiger partial charge in [0.25, 0.3) is 0 Å². The van der Waals surface area contributed by atoms with Crippen molar-refractivity contribution >= 4 is 11.6 Å². The largest absolute Gasteiger partial charge is 0.459 e. The first-order chi connectivity index (χ1) is 6.84. The van der Waals surface area contributed by atoms with Crippen molar-refractivity contribution in [2.45, 2.75) is 18.9 Å². The van der Waals surface area contributed by atoms with Gasteiger partial charge in [-0.1, -0.05) is 11.6 Å². The summed E-state index contributed by atoms with van der Waals surface area (Å²) in [5, 5.41) is 3.67. The second-order valence-electron chi connectivity index (χ2n) is 3.25. The average molecular weight is 214 g/mol. The van der Waals surface area contributed by atoms with Crippen LogP contribution in [-0.4, -0.2) is 29.2 Å². The molecule has 1 aromatic rings. The van der Waals surface area contributed by atoms with Crippen LogP contribution in [0.4, 0.5) is 0 Å². The van der Waals surface area contributed by atoms with Gasteiger partial charge in [-0.15, -0.1) is 0 Å². The third kappa shape index (κ3) is 2.56. The molecule has 1 atom stereocenters. The van der Waals surface area contributed by atoms with E-state index < -0.39 is 0 Å². The van der Waals surface area contributed by atoms with Crippen LogP contribution in [-0.2, 0) is 0 Å². The number of hydrogen-bond acceptors (Lipinski definition) is 4. The zero-order valence-electron chi connectivity index (χ0n) is 7.74. The first kappa shape index (κ1) is 9.68. The lowest BCUT2D eigenvalue weighted by Gasteiger charge is -2.22. The number of piperidine rings is 1. The standard InChI is InChI=1S/C9H12ClN3O/c10-8-3-5-12-9(13-8)14-7-2-1-4-11-6-7/h3,5,7,11H,1-2,4,6H2/t7-/m0/s1. The maximum Gasteiger partial charge on any atom is 0.318 e. The van der Waals surface area contributed by atoms with Crippen molar-refractivity contribution in [3.8, 4) is 6.01 Å². The molecule has 2 rings (SSSR count). The maximum absolute atomic E-state index is 5.72. The van der Waals surface area contributed by atoms with E-state index in [1.54, 1.807) is 12.3 Å². The molecule has 0 aliphatic carbocycles. The summed E-state index contributed by atoms with van der Waals surface area (Å²) in [6, 6.07) is 2.00. The minimum Gasteiger partial charge on any atom is -0.459 e. The van der Waals surface area contributed by atoms with E-state index in [0.717, 1.165) is 25.9 Å². The molecule has 1 fully saturated rings. The summed E-state index contributed by atoms with van der Waals surface area (Å²) in [5.41, 5.74) is 0. The molecule has 0 unspecified atom stereocenters. The van der Waals surface area contributed by atoms with Crippen LogP contribution < -0.4 is 10.1 Å². The number of rotatable bonds is 2. The number of nitrogens with zero attached hydrogens (tertiary/aromatic N) is 2. The first-order valence-corrected chi connectivity index (χ1v) is 5.08. The van der Waals surface area contributed by atoms with Crippen molar-refractivity contribution < 1.29 is 4.74 Å². The smallest absolute Gasteiger partial charge is 0.318 e. The molecule has 1 saturated heterocycles. The monoisotopic (exact) mass is 213 g/mol. The lowest BCUT2D eigenvalue weighted by molar-refractivity contribution is 0.153. The molecule has 4 nitrogen and oxygen atoms in total. The second-order valence-corrected chi connectivity index (χ2v) is 3.64. The summed E-state index contributed by atoms with van der Waals surface area (Å²) < 4.78 is 5.57. The second kappa shape index (κ2) is 4.57. The Morgan fingerprint density at radius 2 is 2.50 bits per heavy atom. The Bertz CT molecular complexity index is 302. The molecule has 0 saturated carbocycles. The fourth-order valence-electron chi connectivity index (χ4n) is 1.45. The number of aromatic nitrogens is 2. The summed E-state index contributed by atoms with van der Waals surface area (Å²) in [4.78, 5) is 7.96. The van der Waals surface area contributed by atoms with Crippen molar-refractivity contribution in [1.29, 1.82) is 0 Å². The SMILES string of the molecule is Clc1ccnc(O[C@H]2CCCNC2)n1. The van der Waals surface area contributed by atoms with Gasteiger partial charge < -0.3 is 10.1 Å². The van der Waals surface area contributed by atoms with E-state index in [2.05, 4.69) is 15.3 Å². The van der Waals surface area contributed by atoms with E-state index in [0.29, 0.717) is 11.2 Å². The molecule has 5 heteroatoms. The van der Waals surface area contributed by atoms with E-state index in [4.69, 9.17) is 16.3 Å². The lowest BCUT2D eigenvalue weighted by atomic mass is 10.1. The van der Waals surface area contributed by atoms with Crippen molar-refractivity contribution in [2.24, 2.45) is 0 Å².